The van der Waals surface area contributed by atoms with Crippen molar-refractivity contribution in [1.82, 2.24) is 4.98 Å². The average Bonchev–Trinajstić information content (AvgIpc) is 2.18. The number of esters is 1. The van der Waals surface area contributed by atoms with E-state index in [1.807, 2.05) is 6.07 Å². The lowest BCUT2D eigenvalue weighted by atomic mass is 10.1. The summed E-state index contributed by atoms with van der Waals surface area (Å²) in [6.45, 7) is 0. The number of nitrogens with zero attached hydrogens (tertiary/aromatic N) is 2. The first-order chi connectivity index (χ1) is 6.69. The van der Waals surface area contributed by atoms with E-state index in [0.717, 1.165) is 0 Å². The molecule has 0 saturated heterocycles. The lowest BCUT2D eigenvalue weighted by Gasteiger charge is -2.02. The van der Waals surface area contributed by atoms with Gasteiger partial charge in [-0.15, -0.1) is 0 Å². The van der Waals surface area contributed by atoms with Gasteiger partial charge in [0.25, 0.3) is 0 Å². The first kappa shape index (κ1) is 10.7. The van der Waals surface area contributed by atoms with Crippen molar-refractivity contribution in [2.45, 2.75) is 6.42 Å². The molecule has 0 radical (unpaired) electrons. The molecule has 1 aromatic heterocycles. The molecule has 0 aliphatic rings. The van der Waals surface area contributed by atoms with Gasteiger partial charge in [0.05, 0.1) is 19.1 Å². The minimum atomic E-state index is -0.375. The van der Waals surface area contributed by atoms with E-state index in [1.54, 1.807) is 6.07 Å². The van der Waals surface area contributed by atoms with Crippen molar-refractivity contribution in [3.05, 3.63) is 28.0 Å². The van der Waals surface area contributed by atoms with Crippen LogP contribution in [-0.2, 0) is 16.0 Å². The molecule has 0 aromatic carbocycles. The molecule has 14 heavy (non-hydrogen) atoms. The molecule has 0 unspecified atom stereocenters. The highest BCUT2D eigenvalue weighted by atomic mass is 79.9. The van der Waals surface area contributed by atoms with E-state index in [4.69, 9.17) is 5.26 Å². The molecular weight excluding hydrogens is 248 g/mol. The number of nitriles is 1. The first-order valence-electron chi connectivity index (χ1n) is 3.79. The molecule has 1 rings (SSSR count). The van der Waals surface area contributed by atoms with Crippen molar-refractivity contribution in [3.8, 4) is 6.07 Å². The van der Waals surface area contributed by atoms with Crippen LogP contribution in [0.5, 0.6) is 0 Å². The number of carbonyl (C=O) groups is 1. The van der Waals surface area contributed by atoms with E-state index in [0.29, 0.717) is 15.7 Å². The SMILES string of the molecule is COC(=O)Cc1ccnc(Br)c1C#N. The maximum atomic E-state index is 11.0. The van der Waals surface area contributed by atoms with Crippen molar-refractivity contribution in [2.75, 3.05) is 7.11 Å². The number of carbonyl (C=O) groups excluding carboxylic acids is 1. The van der Waals surface area contributed by atoms with Gasteiger partial charge in [-0.05, 0) is 27.6 Å². The summed E-state index contributed by atoms with van der Waals surface area (Å²) in [5.41, 5.74) is 0.985. The van der Waals surface area contributed by atoms with E-state index in [9.17, 15) is 4.79 Å². The van der Waals surface area contributed by atoms with Crippen molar-refractivity contribution >= 4 is 21.9 Å². The standard InChI is InChI=1S/C9H7BrN2O2/c1-14-8(13)4-6-2-3-12-9(10)7(6)5-11/h2-3H,4H2,1H3. The number of rotatable bonds is 2. The van der Waals surface area contributed by atoms with E-state index < -0.39 is 0 Å². The third kappa shape index (κ3) is 2.30. The van der Waals surface area contributed by atoms with Gasteiger partial charge in [0, 0.05) is 6.20 Å². The van der Waals surface area contributed by atoms with Crippen LogP contribution < -0.4 is 0 Å². The predicted molar refractivity (Wildman–Crippen MR) is 52.4 cm³/mol. The van der Waals surface area contributed by atoms with Crippen LogP contribution in [0.25, 0.3) is 0 Å². The summed E-state index contributed by atoms with van der Waals surface area (Å²) >= 11 is 3.13. The molecule has 1 heterocycles. The fraction of sp³-hybridized carbons (Fsp3) is 0.222. The normalized spacial score (nSPS) is 9.21. The van der Waals surface area contributed by atoms with Crippen LogP contribution in [0.15, 0.2) is 16.9 Å². The van der Waals surface area contributed by atoms with Crippen molar-refractivity contribution < 1.29 is 9.53 Å². The Hall–Kier alpha value is -1.41. The molecule has 0 bridgehead atoms. The molecule has 5 heteroatoms. The van der Waals surface area contributed by atoms with Gasteiger partial charge in [-0.25, -0.2) is 4.98 Å². The van der Waals surface area contributed by atoms with Gasteiger partial charge < -0.3 is 4.74 Å². The maximum Gasteiger partial charge on any atom is 0.310 e. The molecule has 0 fully saturated rings. The van der Waals surface area contributed by atoms with Gasteiger partial charge in [-0.2, -0.15) is 5.26 Å². The molecule has 0 aliphatic carbocycles. The summed E-state index contributed by atoms with van der Waals surface area (Å²) in [5, 5.41) is 8.81. The summed E-state index contributed by atoms with van der Waals surface area (Å²) in [4.78, 5) is 14.9. The Bertz CT molecular complexity index is 398. The lowest BCUT2D eigenvalue weighted by molar-refractivity contribution is -0.139. The topological polar surface area (TPSA) is 63.0 Å². The van der Waals surface area contributed by atoms with E-state index in [1.165, 1.54) is 13.3 Å². The lowest BCUT2D eigenvalue weighted by Crippen LogP contribution is -2.06. The number of methoxy groups -OCH3 is 1. The van der Waals surface area contributed by atoms with Crippen molar-refractivity contribution in [3.63, 3.8) is 0 Å². The second-order valence-electron chi connectivity index (χ2n) is 2.50. The molecule has 0 N–H and O–H groups in total. The molecule has 0 amide bonds. The number of hydrogen-bond acceptors (Lipinski definition) is 4. The maximum absolute atomic E-state index is 11.0. The molecule has 72 valence electrons. The summed E-state index contributed by atoms with van der Waals surface area (Å²) in [5.74, 6) is -0.375. The van der Waals surface area contributed by atoms with Gasteiger partial charge in [0.2, 0.25) is 0 Å². The second-order valence-corrected chi connectivity index (χ2v) is 3.25. The molecule has 0 spiro atoms. The Morgan fingerprint density at radius 1 is 1.79 bits per heavy atom. The third-order valence-corrected chi connectivity index (χ3v) is 2.27. The fourth-order valence-corrected chi connectivity index (χ4v) is 1.43. The third-order valence-electron chi connectivity index (χ3n) is 1.67. The van der Waals surface area contributed by atoms with Crippen LogP contribution in [0.4, 0.5) is 0 Å². The number of pyridine rings is 1. The van der Waals surface area contributed by atoms with E-state index >= 15 is 0 Å². The highest BCUT2D eigenvalue weighted by molar-refractivity contribution is 9.10. The Kier molecular flexibility index (Phi) is 3.60. The predicted octanol–water partition coefficient (Wildman–Crippen LogP) is 1.43. The van der Waals surface area contributed by atoms with Crippen molar-refractivity contribution in [1.29, 1.82) is 5.26 Å². The summed E-state index contributed by atoms with van der Waals surface area (Å²) in [6.07, 6.45) is 1.61. The van der Waals surface area contributed by atoms with Crippen LogP contribution in [0.1, 0.15) is 11.1 Å². The highest BCUT2D eigenvalue weighted by Gasteiger charge is 2.10. The van der Waals surface area contributed by atoms with Crippen LogP contribution in [0, 0.1) is 11.3 Å². The van der Waals surface area contributed by atoms with Crippen LogP contribution in [0.2, 0.25) is 0 Å². The van der Waals surface area contributed by atoms with Crippen LogP contribution in [0.3, 0.4) is 0 Å². The Balaban J connectivity index is 3.04. The summed E-state index contributed by atoms with van der Waals surface area (Å²) < 4.78 is 4.96. The number of halogens is 1. The Labute approximate surface area is 89.6 Å². The van der Waals surface area contributed by atoms with Gasteiger partial charge in [0.15, 0.2) is 0 Å². The molecule has 1 aromatic rings. The average molecular weight is 255 g/mol. The van der Waals surface area contributed by atoms with E-state index in [-0.39, 0.29) is 12.4 Å². The Morgan fingerprint density at radius 3 is 3.07 bits per heavy atom. The molecule has 4 nitrogen and oxygen atoms in total. The number of hydrogen-bond donors (Lipinski definition) is 0. The monoisotopic (exact) mass is 254 g/mol. The quantitative estimate of drug-likeness (QED) is 0.592. The van der Waals surface area contributed by atoms with E-state index in [2.05, 4.69) is 25.7 Å². The second kappa shape index (κ2) is 4.72. The van der Waals surface area contributed by atoms with Gasteiger partial charge in [-0.1, -0.05) is 0 Å². The fourth-order valence-electron chi connectivity index (χ4n) is 0.966. The smallest absolute Gasteiger partial charge is 0.310 e. The number of aromatic nitrogens is 1. The molecule has 0 aliphatic heterocycles. The van der Waals surface area contributed by atoms with Crippen molar-refractivity contribution in [2.24, 2.45) is 0 Å². The molecule has 0 atom stereocenters. The minimum absolute atomic E-state index is 0.0838. The Morgan fingerprint density at radius 2 is 2.50 bits per heavy atom. The largest absolute Gasteiger partial charge is 0.469 e. The van der Waals surface area contributed by atoms with Gasteiger partial charge >= 0.3 is 5.97 Å². The minimum Gasteiger partial charge on any atom is -0.469 e. The first-order valence-corrected chi connectivity index (χ1v) is 4.58. The zero-order valence-corrected chi connectivity index (χ0v) is 9.04. The highest BCUT2D eigenvalue weighted by Crippen LogP contribution is 2.17. The summed E-state index contributed by atoms with van der Waals surface area (Å²) in [7, 11) is 1.31. The molecular formula is C9H7BrN2O2. The summed E-state index contributed by atoms with van der Waals surface area (Å²) in [6, 6.07) is 3.60. The zero-order chi connectivity index (χ0) is 10.6. The molecule has 0 saturated carbocycles. The van der Waals surface area contributed by atoms with Gasteiger partial charge in [-0.3, -0.25) is 4.79 Å². The van der Waals surface area contributed by atoms with Crippen LogP contribution in [-0.4, -0.2) is 18.1 Å². The number of ether oxygens (including phenoxy) is 1. The van der Waals surface area contributed by atoms with Crippen LogP contribution >= 0.6 is 15.9 Å². The zero-order valence-electron chi connectivity index (χ0n) is 7.45. The van der Waals surface area contributed by atoms with Gasteiger partial charge in [0.1, 0.15) is 10.7 Å².